The molecule has 1 amide bonds. The van der Waals surface area contributed by atoms with E-state index in [9.17, 15) is 4.79 Å². The number of carbonyl (C=O) groups excluding carboxylic acids is 1. The predicted molar refractivity (Wildman–Crippen MR) is 109 cm³/mol. The van der Waals surface area contributed by atoms with Crippen LogP contribution in [0.2, 0.25) is 0 Å². The van der Waals surface area contributed by atoms with Gasteiger partial charge in [-0.05, 0) is 19.8 Å². The second kappa shape index (κ2) is 12.0. The number of carbonyl (C=O) groups is 1. The zero-order chi connectivity index (χ0) is 17.2. The molecule has 0 aliphatic heterocycles. The van der Waals surface area contributed by atoms with E-state index in [1.165, 1.54) is 25.6 Å². The van der Waals surface area contributed by atoms with E-state index >= 15 is 0 Å². The Morgan fingerprint density at radius 2 is 2.08 bits per heavy atom. The first kappa shape index (κ1) is 21.7. The largest absolute Gasteiger partial charge is 0.357 e. The number of guanidine groups is 1. The lowest BCUT2D eigenvalue weighted by atomic mass is 9.95. The van der Waals surface area contributed by atoms with E-state index in [0.717, 1.165) is 25.2 Å². The van der Waals surface area contributed by atoms with E-state index in [1.54, 1.807) is 4.68 Å². The minimum Gasteiger partial charge on any atom is -0.357 e. The van der Waals surface area contributed by atoms with Crippen molar-refractivity contribution in [3.63, 3.8) is 0 Å². The molecule has 0 atom stereocenters. The Morgan fingerprint density at radius 3 is 2.72 bits per heavy atom. The van der Waals surface area contributed by atoms with E-state index in [-0.39, 0.29) is 29.9 Å². The van der Waals surface area contributed by atoms with Gasteiger partial charge in [-0.1, -0.05) is 19.3 Å². The minimum atomic E-state index is 0. The number of amides is 1. The van der Waals surface area contributed by atoms with Crippen LogP contribution in [-0.2, 0) is 18.4 Å². The molecule has 0 spiro atoms. The number of halogens is 1. The van der Waals surface area contributed by atoms with Crippen molar-refractivity contribution in [1.29, 1.82) is 0 Å². The van der Waals surface area contributed by atoms with Crippen LogP contribution >= 0.6 is 24.0 Å². The number of aromatic nitrogens is 3. The lowest BCUT2D eigenvalue weighted by molar-refractivity contribution is -0.121. The van der Waals surface area contributed by atoms with Crippen molar-refractivity contribution < 1.29 is 4.79 Å². The number of hydrogen-bond acceptors (Lipinski definition) is 4. The molecule has 1 saturated carbocycles. The molecule has 1 fully saturated rings. The second-order valence-electron chi connectivity index (χ2n) is 6.07. The minimum absolute atomic E-state index is 0. The normalized spacial score (nSPS) is 15.4. The van der Waals surface area contributed by atoms with Crippen molar-refractivity contribution in [3.05, 3.63) is 12.2 Å². The van der Waals surface area contributed by atoms with Crippen LogP contribution < -0.4 is 16.0 Å². The fourth-order valence-corrected chi connectivity index (χ4v) is 2.80. The van der Waals surface area contributed by atoms with Gasteiger partial charge in [-0.2, -0.15) is 5.10 Å². The fraction of sp³-hybridized carbons (Fsp3) is 0.750. The third kappa shape index (κ3) is 8.02. The highest BCUT2D eigenvalue weighted by Gasteiger charge is 2.15. The summed E-state index contributed by atoms with van der Waals surface area (Å²) < 4.78 is 1.70. The average Bonchev–Trinajstić information content (AvgIpc) is 2.98. The van der Waals surface area contributed by atoms with Crippen LogP contribution in [0.1, 0.15) is 51.3 Å². The Morgan fingerprint density at radius 1 is 1.32 bits per heavy atom. The summed E-state index contributed by atoms with van der Waals surface area (Å²) >= 11 is 0. The van der Waals surface area contributed by atoms with Gasteiger partial charge in [0.1, 0.15) is 18.7 Å². The molecule has 8 nitrogen and oxygen atoms in total. The maximum absolute atomic E-state index is 12.0. The summed E-state index contributed by atoms with van der Waals surface area (Å²) in [6.07, 6.45) is 7.93. The highest BCUT2D eigenvalue weighted by Crippen LogP contribution is 2.17. The molecule has 1 heterocycles. The molecule has 0 saturated heterocycles. The van der Waals surface area contributed by atoms with Gasteiger partial charge in [-0.15, -0.1) is 24.0 Å². The van der Waals surface area contributed by atoms with Crippen LogP contribution in [0.25, 0.3) is 0 Å². The van der Waals surface area contributed by atoms with Gasteiger partial charge in [0.25, 0.3) is 0 Å². The summed E-state index contributed by atoms with van der Waals surface area (Å²) in [6.45, 7) is 3.78. The Kier molecular flexibility index (Phi) is 10.4. The molecular formula is C16H30IN7O. The number of nitrogens with one attached hydrogen (secondary N) is 3. The van der Waals surface area contributed by atoms with E-state index in [4.69, 9.17) is 0 Å². The predicted octanol–water partition coefficient (Wildman–Crippen LogP) is 1.33. The molecule has 2 rings (SSSR count). The molecule has 1 aliphatic rings. The van der Waals surface area contributed by atoms with Crippen LogP contribution in [0.3, 0.4) is 0 Å². The Balaban J connectivity index is 0.00000312. The number of nitrogens with zero attached hydrogens (tertiary/aromatic N) is 4. The van der Waals surface area contributed by atoms with Crippen LogP contribution in [-0.4, -0.2) is 45.8 Å². The fourth-order valence-electron chi connectivity index (χ4n) is 2.80. The highest BCUT2D eigenvalue weighted by atomic mass is 127. The second-order valence-corrected chi connectivity index (χ2v) is 6.07. The van der Waals surface area contributed by atoms with Crippen molar-refractivity contribution in [2.75, 3.05) is 13.1 Å². The first-order valence-corrected chi connectivity index (χ1v) is 8.83. The molecule has 0 unspecified atom stereocenters. The van der Waals surface area contributed by atoms with Crippen LogP contribution in [0, 0.1) is 0 Å². The summed E-state index contributed by atoms with van der Waals surface area (Å²) in [5.41, 5.74) is 0. The van der Waals surface area contributed by atoms with Crippen LogP contribution in [0.4, 0.5) is 0 Å². The quantitative estimate of drug-likeness (QED) is 0.322. The summed E-state index contributed by atoms with van der Waals surface area (Å²) in [5, 5.41) is 13.5. The first-order chi connectivity index (χ1) is 11.7. The van der Waals surface area contributed by atoms with Gasteiger partial charge < -0.3 is 16.0 Å². The Bertz CT molecular complexity index is 540. The van der Waals surface area contributed by atoms with Gasteiger partial charge in [0.15, 0.2) is 5.96 Å². The number of aliphatic imine (C=N–C) groups is 1. The van der Waals surface area contributed by atoms with E-state index in [0.29, 0.717) is 31.5 Å². The molecule has 1 aromatic rings. The van der Waals surface area contributed by atoms with Crippen LogP contribution in [0.5, 0.6) is 0 Å². The molecule has 1 aliphatic carbocycles. The Labute approximate surface area is 166 Å². The summed E-state index contributed by atoms with van der Waals surface area (Å²) in [7, 11) is 1.84. The van der Waals surface area contributed by atoms with Gasteiger partial charge in [0.2, 0.25) is 5.91 Å². The molecular weight excluding hydrogens is 433 g/mol. The first-order valence-electron chi connectivity index (χ1n) is 8.83. The van der Waals surface area contributed by atoms with Gasteiger partial charge in [0, 0.05) is 32.6 Å². The van der Waals surface area contributed by atoms with Gasteiger partial charge in [0.05, 0.1) is 0 Å². The lowest BCUT2D eigenvalue weighted by Gasteiger charge is -2.22. The molecule has 0 aromatic carbocycles. The zero-order valence-corrected chi connectivity index (χ0v) is 17.5. The molecule has 25 heavy (non-hydrogen) atoms. The van der Waals surface area contributed by atoms with E-state index in [2.05, 4.69) is 31.0 Å². The molecule has 3 N–H and O–H groups in total. The average molecular weight is 463 g/mol. The lowest BCUT2D eigenvalue weighted by Crippen LogP contribution is -2.41. The maximum atomic E-state index is 12.0. The SMILES string of the molecule is CCNC(=NCc1ncnn1C)NCCC(=O)NC1CCCCC1.I. The van der Waals surface area contributed by atoms with Crippen molar-refractivity contribution in [2.45, 2.75) is 58.0 Å². The Hall–Kier alpha value is -1.39. The van der Waals surface area contributed by atoms with Crippen LogP contribution in [0.15, 0.2) is 11.3 Å². The zero-order valence-electron chi connectivity index (χ0n) is 15.1. The topological polar surface area (TPSA) is 96.2 Å². The monoisotopic (exact) mass is 463 g/mol. The van der Waals surface area contributed by atoms with Gasteiger partial charge in [-0.25, -0.2) is 9.98 Å². The molecule has 142 valence electrons. The third-order valence-corrected chi connectivity index (χ3v) is 4.14. The summed E-state index contributed by atoms with van der Waals surface area (Å²) in [4.78, 5) is 20.6. The maximum Gasteiger partial charge on any atom is 0.221 e. The third-order valence-electron chi connectivity index (χ3n) is 4.14. The number of aryl methyl sites for hydroxylation is 1. The van der Waals surface area contributed by atoms with Crippen molar-refractivity contribution in [2.24, 2.45) is 12.0 Å². The highest BCUT2D eigenvalue weighted by molar-refractivity contribution is 14.0. The van der Waals surface area contributed by atoms with Gasteiger partial charge >= 0.3 is 0 Å². The molecule has 0 bridgehead atoms. The number of rotatable bonds is 7. The molecule has 9 heteroatoms. The van der Waals surface area contributed by atoms with Gasteiger partial charge in [-0.3, -0.25) is 9.48 Å². The standard InChI is InChI=1S/C16H29N7O.HI/c1-3-17-16(19-11-14-20-12-21-23(14)2)18-10-9-15(24)22-13-7-5-4-6-8-13;/h12-13H,3-11H2,1-2H3,(H,22,24)(H2,17,18,19);1H. The molecule has 1 aromatic heterocycles. The molecule has 0 radical (unpaired) electrons. The smallest absolute Gasteiger partial charge is 0.221 e. The van der Waals surface area contributed by atoms with E-state index < -0.39 is 0 Å². The summed E-state index contributed by atoms with van der Waals surface area (Å²) in [5.74, 6) is 1.59. The number of hydrogen-bond donors (Lipinski definition) is 3. The van der Waals surface area contributed by atoms with E-state index in [1.807, 2.05) is 14.0 Å². The van der Waals surface area contributed by atoms with Crippen molar-refractivity contribution in [3.8, 4) is 0 Å². The van der Waals surface area contributed by atoms with Crippen molar-refractivity contribution >= 4 is 35.8 Å². The van der Waals surface area contributed by atoms with Crippen molar-refractivity contribution in [1.82, 2.24) is 30.7 Å². The summed E-state index contributed by atoms with van der Waals surface area (Å²) in [6, 6.07) is 0.365.